The molecule has 0 aliphatic heterocycles. The van der Waals surface area contributed by atoms with Gasteiger partial charge in [0.15, 0.2) is 0 Å². The van der Waals surface area contributed by atoms with Crippen molar-refractivity contribution < 1.29 is 8.42 Å². The maximum absolute atomic E-state index is 13.2. The van der Waals surface area contributed by atoms with Crippen LogP contribution in [-0.2, 0) is 10.0 Å². The van der Waals surface area contributed by atoms with Crippen molar-refractivity contribution in [2.75, 3.05) is 5.73 Å². The Balaban J connectivity index is 1.95. The minimum atomic E-state index is -3.93. The molecule has 4 aromatic rings. The van der Waals surface area contributed by atoms with Gasteiger partial charge in [-0.1, -0.05) is 54.6 Å². The van der Waals surface area contributed by atoms with E-state index in [0.29, 0.717) is 22.2 Å². The number of fused-ring (bicyclic) bond motifs is 1. The Bertz CT molecular complexity index is 1370. The van der Waals surface area contributed by atoms with E-state index in [1.54, 1.807) is 36.4 Å². The van der Waals surface area contributed by atoms with E-state index in [-0.39, 0.29) is 10.8 Å². The summed E-state index contributed by atoms with van der Waals surface area (Å²) in [6.45, 7) is 0. The van der Waals surface area contributed by atoms with E-state index in [1.807, 2.05) is 30.3 Å². The molecule has 29 heavy (non-hydrogen) atoms. The van der Waals surface area contributed by atoms with Gasteiger partial charge in [0.05, 0.1) is 22.0 Å². The van der Waals surface area contributed by atoms with Gasteiger partial charge in [0.1, 0.15) is 0 Å². The fourth-order valence-corrected chi connectivity index (χ4v) is 4.61. The number of aromatic nitrogens is 2. The first-order valence-corrected chi connectivity index (χ1v) is 10.2. The van der Waals surface area contributed by atoms with Crippen molar-refractivity contribution in [3.8, 4) is 6.07 Å². The maximum Gasteiger partial charge on any atom is 0.271 e. The van der Waals surface area contributed by atoms with Gasteiger partial charge in [0, 0.05) is 6.08 Å². The van der Waals surface area contributed by atoms with Crippen LogP contribution in [0, 0.1) is 11.3 Å². The number of anilines is 1. The van der Waals surface area contributed by atoms with Gasteiger partial charge in [-0.3, -0.25) is 0 Å². The average molecular weight is 400 g/mol. The van der Waals surface area contributed by atoms with Crippen molar-refractivity contribution in [3.63, 3.8) is 0 Å². The molecule has 0 spiro atoms. The van der Waals surface area contributed by atoms with Crippen LogP contribution in [0.4, 0.5) is 5.95 Å². The van der Waals surface area contributed by atoms with E-state index in [9.17, 15) is 13.7 Å². The summed E-state index contributed by atoms with van der Waals surface area (Å²) in [6, 6.07) is 24.7. The first-order valence-electron chi connectivity index (χ1n) is 8.76. The SMILES string of the molecule is N#CC=C(c1ccccc1)c1ccc2nc(N)n(S(=O)(=O)c3ccccc3)c2c1. The van der Waals surface area contributed by atoms with E-state index in [0.717, 1.165) is 9.54 Å². The molecule has 0 atom stereocenters. The van der Waals surface area contributed by atoms with E-state index in [4.69, 9.17) is 5.73 Å². The second-order valence-electron chi connectivity index (χ2n) is 6.31. The third-order valence-corrected chi connectivity index (χ3v) is 6.26. The fourth-order valence-electron chi connectivity index (χ4n) is 3.21. The van der Waals surface area contributed by atoms with Crippen molar-refractivity contribution in [2.45, 2.75) is 4.90 Å². The number of hydrogen-bond acceptors (Lipinski definition) is 5. The minimum Gasteiger partial charge on any atom is -0.368 e. The number of nitrogen functional groups attached to an aromatic ring is 1. The summed E-state index contributed by atoms with van der Waals surface area (Å²) in [5.74, 6) is -0.119. The zero-order valence-electron chi connectivity index (χ0n) is 15.2. The lowest BCUT2D eigenvalue weighted by Crippen LogP contribution is -2.15. The molecule has 4 rings (SSSR count). The van der Waals surface area contributed by atoms with Gasteiger partial charge in [0.25, 0.3) is 10.0 Å². The predicted molar refractivity (Wildman–Crippen MR) is 112 cm³/mol. The number of nitriles is 1. The van der Waals surface area contributed by atoms with Crippen molar-refractivity contribution >= 4 is 32.6 Å². The predicted octanol–water partition coefficient (Wildman–Crippen LogP) is 3.81. The highest BCUT2D eigenvalue weighted by atomic mass is 32.2. The summed E-state index contributed by atoms with van der Waals surface area (Å²) < 4.78 is 27.4. The van der Waals surface area contributed by atoms with Crippen LogP contribution in [0.3, 0.4) is 0 Å². The van der Waals surface area contributed by atoms with Gasteiger partial charge in [-0.25, -0.2) is 17.4 Å². The molecule has 6 nitrogen and oxygen atoms in total. The van der Waals surface area contributed by atoms with Crippen LogP contribution in [-0.4, -0.2) is 17.4 Å². The molecular formula is C22H16N4O2S. The first kappa shape index (κ1) is 18.5. The molecule has 2 N–H and O–H groups in total. The Hall–Kier alpha value is -3.89. The number of nitrogens with zero attached hydrogens (tertiary/aromatic N) is 3. The van der Waals surface area contributed by atoms with E-state index >= 15 is 0 Å². The Morgan fingerprint density at radius 2 is 1.62 bits per heavy atom. The normalized spacial score (nSPS) is 12.0. The largest absolute Gasteiger partial charge is 0.368 e. The van der Waals surface area contributed by atoms with E-state index in [1.165, 1.54) is 18.2 Å². The number of imidazole rings is 1. The third-order valence-electron chi connectivity index (χ3n) is 4.52. The molecule has 1 aromatic heterocycles. The zero-order chi connectivity index (χ0) is 20.4. The summed E-state index contributed by atoms with van der Waals surface area (Å²) in [5.41, 5.74) is 9.00. The summed E-state index contributed by atoms with van der Waals surface area (Å²) in [6.07, 6.45) is 1.44. The van der Waals surface area contributed by atoms with Crippen LogP contribution in [0.1, 0.15) is 11.1 Å². The van der Waals surface area contributed by atoms with Crippen LogP contribution < -0.4 is 5.73 Å². The summed E-state index contributed by atoms with van der Waals surface area (Å²) in [4.78, 5) is 4.32. The van der Waals surface area contributed by atoms with Gasteiger partial charge in [0.2, 0.25) is 5.95 Å². The smallest absolute Gasteiger partial charge is 0.271 e. The van der Waals surface area contributed by atoms with Gasteiger partial charge >= 0.3 is 0 Å². The summed E-state index contributed by atoms with van der Waals surface area (Å²) in [5, 5.41) is 9.25. The third kappa shape index (κ3) is 3.26. The number of nitrogens with two attached hydrogens (primary N) is 1. The molecular weight excluding hydrogens is 384 g/mol. The van der Waals surface area contributed by atoms with E-state index < -0.39 is 10.0 Å². The number of rotatable bonds is 4. The molecule has 0 saturated carbocycles. The molecule has 142 valence electrons. The van der Waals surface area contributed by atoms with Crippen LogP contribution in [0.25, 0.3) is 16.6 Å². The van der Waals surface area contributed by atoms with Gasteiger partial charge in [-0.15, -0.1) is 0 Å². The quantitative estimate of drug-likeness (QED) is 0.525. The standard InChI is InChI=1S/C22H16N4O2S/c23-14-13-19(16-7-3-1-4-8-16)17-11-12-20-21(15-17)26(22(24)25-20)29(27,28)18-9-5-2-6-10-18/h1-13,15H,(H2,24,25). The zero-order valence-corrected chi connectivity index (χ0v) is 16.0. The number of benzene rings is 3. The second kappa shape index (κ2) is 7.26. The van der Waals surface area contributed by atoms with Crippen LogP contribution in [0.15, 0.2) is 89.8 Å². The maximum atomic E-state index is 13.2. The van der Waals surface area contributed by atoms with Gasteiger partial charge in [-0.05, 0) is 41.0 Å². The average Bonchev–Trinajstić information content (AvgIpc) is 3.09. The van der Waals surface area contributed by atoms with Crippen molar-refractivity contribution in [1.82, 2.24) is 8.96 Å². The lowest BCUT2D eigenvalue weighted by Gasteiger charge is -2.10. The van der Waals surface area contributed by atoms with Gasteiger partial charge < -0.3 is 5.73 Å². The molecule has 7 heteroatoms. The highest BCUT2D eigenvalue weighted by Gasteiger charge is 2.23. The van der Waals surface area contributed by atoms with Crippen LogP contribution in [0.5, 0.6) is 0 Å². The number of allylic oxidation sites excluding steroid dienone is 1. The summed E-state index contributed by atoms with van der Waals surface area (Å²) >= 11 is 0. The van der Waals surface area contributed by atoms with Crippen LogP contribution >= 0.6 is 0 Å². The second-order valence-corrected chi connectivity index (χ2v) is 8.10. The molecule has 3 aromatic carbocycles. The van der Waals surface area contributed by atoms with Crippen molar-refractivity contribution in [1.29, 1.82) is 5.26 Å². The Morgan fingerprint density at radius 1 is 0.966 bits per heavy atom. The van der Waals surface area contributed by atoms with Gasteiger partial charge in [-0.2, -0.15) is 5.26 Å². The fraction of sp³-hybridized carbons (Fsp3) is 0. The van der Waals surface area contributed by atoms with Crippen molar-refractivity contribution in [3.05, 3.63) is 96.1 Å². The molecule has 0 unspecified atom stereocenters. The van der Waals surface area contributed by atoms with Crippen LogP contribution in [0.2, 0.25) is 0 Å². The molecule has 0 saturated heterocycles. The number of hydrogen-bond donors (Lipinski definition) is 1. The molecule has 0 aliphatic rings. The van der Waals surface area contributed by atoms with Crippen molar-refractivity contribution in [2.24, 2.45) is 0 Å². The molecule has 0 radical (unpaired) electrons. The highest BCUT2D eigenvalue weighted by Crippen LogP contribution is 2.30. The highest BCUT2D eigenvalue weighted by molar-refractivity contribution is 7.90. The first-order chi connectivity index (χ1) is 14.0. The molecule has 1 heterocycles. The minimum absolute atomic E-state index is 0.118. The molecule has 0 amide bonds. The topological polar surface area (TPSA) is 102 Å². The molecule has 0 fully saturated rings. The van der Waals surface area contributed by atoms with E-state index in [2.05, 4.69) is 11.1 Å². The monoisotopic (exact) mass is 400 g/mol. The lowest BCUT2D eigenvalue weighted by molar-refractivity contribution is 0.589. The Kier molecular flexibility index (Phi) is 4.63. The Labute approximate surface area is 168 Å². The molecule has 0 bridgehead atoms. The summed E-state index contributed by atoms with van der Waals surface area (Å²) in [7, 11) is -3.93. The lowest BCUT2D eigenvalue weighted by atomic mass is 9.97. The Morgan fingerprint density at radius 3 is 2.28 bits per heavy atom. The molecule has 0 aliphatic carbocycles.